The Morgan fingerprint density at radius 1 is 1.43 bits per heavy atom. The van der Waals surface area contributed by atoms with Crippen LogP contribution in [0.15, 0.2) is 18.5 Å². The summed E-state index contributed by atoms with van der Waals surface area (Å²) >= 11 is 0. The summed E-state index contributed by atoms with van der Waals surface area (Å²) in [6, 6.07) is 0.413. The number of carboxylic acids is 1. The molecule has 1 aromatic rings. The average molecular weight is 295 g/mol. The highest BCUT2D eigenvalue weighted by molar-refractivity contribution is 5.82. The van der Waals surface area contributed by atoms with Crippen molar-refractivity contribution in [3.8, 4) is 5.75 Å². The lowest BCUT2D eigenvalue weighted by molar-refractivity contribution is -0.140. The second-order valence-corrected chi connectivity index (χ2v) is 5.10. The number of rotatable bonds is 6. The van der Waals surface area contributed by atoms with Crippen molar-refractivity contribution in [3.63, 3.8) is 0 Å². The van der Waals surface area contributed by atoms with Gasteiger partial charge < -0.3 is 20.1 Å². The zero-order chi connectivity index (χ0) is 16.0. The molecule has 0 unspecified atom stereocenters. The number of carbonyl (C=O) groups excluding carboxylic acids is 1. The van der Waals surface area contributed by atoms with Gasteiger partial charge in [0, 0.05) is 19.8 Å². The van der Waals surface area contributed by atoms with Crippen LogP contribution in [0.1, 0.15) is 19.4 Å². The molecule has 1 atom stereocenters. The summed E-state index contributed by atoms with van der Waals surface area (Å²) in [5.74, 6) is -0.639. The van der Waals surface area contributed by atoms with Crippen LogP contribution in [-0.2, 0) is 11.3 Å². The molecule has 0 radical (unpaired) electrons. The predicted molar refractivity (Wildman–Crippen MR) is 77.0 cm³/mol. The highest BCUT2D eigenvalue weighted by Crippen LogP contribution is 2.12. The summed E-state index contributed by atoms with van der Waals surface area (Å²) in [5, 5.41) is 11.6. The maximum Gasteiger partial charge on any atom is 0.326 e. The van der Waals surface area contributed by atoms with Gasteiger partial charge in [0.25, 0.3) is 0 Å². The Kier molecular flexibility index (Phi) is 5.95. The fourth-order valence-electron chi connectivity index (χ4n) is 1.76. The zero-order valence-electron chi connectivity index (χ0n) is 12.7. The molecule has 0 aliphatic heterocycles. The number of nitrogens with zero attached hydrogens (tertiary/aromatic N) is 2. The van der Waals surface area contributed by atoms with E-state index in [1.165, 1.54) is 12.0 Å². The van der Waals surface area contributed by atoms with Crippen LogP contribution < -0.4 is 10.1 Å². The maximum atomic E-state index is 12.0. The Labute approximate surface area is 123 Å². The van der Waals surface area contributed by atoms with E-state index in [2.05, 4.69) is 10.3 Å². The van der Waals surface area contributed by atoms with E-state index in [1.807, 2.05) is 0 Å². The van der Waals surface area contributed by atoms with Crippen LogP contribution in [0.5, 0.6) is 5.75 Å². The smallest absolute Gasteiger partial charge is 0.326 e. The largest absolute Gasteiger partial charge is 0.495 e. The van der Waals surface area contributed by atoms with Gasteiger partial charge in [-0.05, 0) is 17.5 Å². The number of aromatic nitrogens is 1. The van der Waals surface area contributed by atoms with E-state index in [4.69, 9.17) is 9.84 Å². The van der Waals surface area contributed by atoms with Gasteiger partial charge >= 0.3 is 12.0 Å². The van der Waals surface area contributed by atoms with Crippen LogP contribution in [0.3, 0.4) is 0 Å². The minimum Gasteiger partial charge on any atom is -0.495 e. The number of aliphatic carboxylic acids is 1. The molecule has 7 heteroatoms. The number of hydrogen-bond donors (Lipinski definition) is 2. The first kappa shape index (κ1) is 16.7. The number of pyridine rings is 1. The Balaban J connectivity index is 2.67. The molecule has 116 valence electrons. The van der Waals surface area contributed by atoms with E-state index in [1.54, 1.807) is 39.4 Å². The van der Waals surface area contributed by atoms with Gasteiger partial charge in [-0.25, -0.2) is 9.59 Å². The van der Waals surface area contributed by atoms with E-state index < -0.39 is 18.0 Å². The van der Waals surface area contributed by atoms with E-state index in [0.29, 0.717) is 12.3 Å². The molecule has 0 bridgehead atoms. The highest BCUT2D eigenvalue weighted by atomic mass is 16.5. The number of hydrogen-bond acceptors (Lipinski definition) is 4. The Hall–Kier alpha value is -2.31. The zero-order valence-corrected chi connectivity index (χ0v) is 12.7. The molecule has 1 heterocycles. The molecule has 1 aromatic heterocycles. The van der Waals surface area contributed by atoms with Gasteiger partial charge in [-0.15, -0.1) is 0 Å². The molecular formula is C14H21N3O4. The minimum absolute atomic E-state index is 0.196. The van der Waals surface area contributed by atoms with Crippen LogP contribution in [0.25, 0.3) is 0 Å². The standard InChI is InChI=1S/C14H21N3O4/c1-9(2)12(13(18)19)16-14(20)17(3)8-10-5-11(21-4)7-15-6-10/h5-7,9,12H,8H2,1-4H3,(H,16,20)(H,18,19)/t12-/m0/s1. The normalized spacial score (nSPS) is 11.9. The Morgan fingerprint density at radius 2 is 2.10 bits per heavy atom. The monoisotopic (exact) mass is 295 g/mol. The number of ether oxygens (including phenoxy) is 1. The molecule has 0 aromatic carbocycles. The van der Waals surface area contributed by atoms with Crippen LogP contribution in [0.2, 0.25) is 0 Å². The maximum absolute atomic E-state index is 12.0. The van der Waals surface area contributed by atoms with Gasteiger partial charge in [0.1, 0.15) is 11.8 Å². The van der Waals surface area contributed by atoms with Gasteiger partial charge in [-0.1, -0.05) is 13.8 Å². The van der Waals surface area contributed by atoms with Crippen LogP contribution >= 0.6 is 0 Å². The van der Waals surface area contributed by atoms with Gasteiger partial charge in [-0.2, -0.15) is 0 Å². The summed E-state index contributed by atoms with van der Waals surface area (Å²) in [5.41, 5.74) is 0.795. The molecule has 0 saturated carbocycles. The highest BCUT2D eigenvalue weighted by Gasteiger charge is 2.24. The van der Waals surface area contributed by atoms with E-state index in [-0.39, 0.29) is 5.92 Å². The molecular weight excluding hydrogens is 274 g/mol. The van der Waals surface area contributed by atoms with Crippen molar-refractivity contribution >= 4 is 12.0 Å². The van der Waals surface area contributed by atoms with Crippen molar-refractivity contribution in [1.29, 1.82) is 0 Å². The van der Waals surface area contributed by atoms with E-state index >= 15 is 0 Å². The topological polar surface area (TPSA) is 91.8 Å². The molecule has 2 N–H and O–H groups in total. The number of carboxylic acid groups (broad SMARTS) is 1. The molecule has 1 rings (SSSR count). The first-order valence-electron chi connectivity index (χ1n) is 6.57. The molecule has 0 aliphatic carbocycles. The van der Waals surface area contributed by atoms with Crippen LogP contribution in [0.4, 0.5) is 4.79 Å². The fraction of sp³-hybridized carbons (Fsp3) is 0.500. The third kappa shape index (κ3) is 4.94. The Bertz CT molecular complexity index is 505. The molecule has 7 nitrogen and oxygen atoms in total. The first-order valence-corrected chi connectivity index (χ1v) is 6.57. The summed E-state index contributed by atoms with van der Waals surface area (Å²) in [6.07, 6.45) is 3.20. The second-order valence-electron chi connectivity index (χ2n) is 5.10. The van der Waals surface area contributed by atoms with Crippen molar-refractivity contribution in [2.75, 3.05) is 14.2 Å². The molecule has 21 heavy (non-hydrogen) atoms. The summed E-state index contributed by atoms with van der Waals surface area (Å²) in [4.78, 5) is 28.5. The van der Waals surface area contributed by atoms with Crippen molar-refractivity contribution in [3.05, 3.63) is 24.0 Å². The summed E-state index contributed by atoms with van der Waals surface area (Å²) < 4.78 is 5.07. The number of urea groups is 1. The molecule has 2 amide bonds. The lowest BCUT2D eigenvalue weighted by atomic mass is 10.1. The van der Waals surface area contributed by atoms with Crippen molar-refractivity contribution < 1.29 is 19.4 Å². The minimum atomic E-state index is -1.05. The molecule has 0 saturated heterocycles. The lowest BCUT2D eigenvalue weighted by Crippen LogP contribution is -2.48. The van der Waals surface area contributed by atoms with Gasteiger partial charge in [0.15, 0.2) is 0 Å². The summed E-state index contributed by atoms with van der Waals surface area (Å²) in [6.45, 7) is 3.79. The first-order chi connectivity index (χ1) is 9.85. The second kappa shape index (κ2) is 7.47. The van der Waals surface area contributed by atoms with Gasteiger partial charge in [0.05, 0.1) is 13.3 Å². The molecule has 0 fully saturated rings. The van der Waals surface area contributed by atoms with E-state index in [0.717, 1.165) is 5.56 Å². The number of carbonyl (C=O) groups is 2. The van der Waals surface area contributed by atoms with Gasteiger partial charge in [0.2, 0.25) is 0 Å². The van der Waals surface area contributed by atoms with Gasteiger partial charge in [-0.3, -0.25) is 4.98 Å². The predicted octanol–water partition coefficient (Wildman–Crippen LogP) is 1.34. The van der Waals surface area contributed by atoms with Crippen molar-refractivity contribution in [2.45, 2.75) is 26.4 Å². The SMILES string of the molecule is COc1cncc(CN(C)C(=O)N[C@H](C(=O)O)C(C)C)c1. The third-order valence-corrected chi connectivity index (χ3v) is 2.98. The number of nitrogens with one attached hydrogen (secondary N) is 1. The van der Waals surface area contributed by atoms with Crippen LogP contribution in [-0.4, -0.2) is 47.2 Å². The van der Waals surface area contributed by atoms with E-state index in [9.17, 15) is 9.59 Å². The fourth-order valence-corrected chi connectivity index (χ4v) is 1.76. The van der Waals surface area contributed by atoms with Crippen molar-refractivity contribution in [2.24, 2.45) is 5.92 Å². The number of amides is 2. The molecule has 0 spiro atoms. The van der Waals surface area contributed by atoms with Crippen molar-refractivity contribution in [1.82, 2.24) is 15.2 Å². The number of methoxy groups -OCH3 is 1. The average Bonchev–Trinajstić information content (AvgIpc) is 2.43. The van der Waals surface area contributed by atoms with Crippen LogP contribution in [0, 0.1) is 5.92 Å². The lowest BCUT2D eigenvalue weighted by Gasteiger charge is -2.23. The molecule has 0 aliphatic rings. The quantitative estimate of drug-likeness (QED) is 0.826. The summed E-state index contributed by atoms with van der Waals surface area (Å²) in [7, 11) is 3.13. The Morgan fingerprint density at radius 3 is 2.62 bits per heavy atom. The third-order valence-electron chi connectivity index (χ3n) is 2.98.